The molecule has 1 fully saturated rings. The fourth-order valence-corrected chi connectivity index (χ4v) is 6.13. The number of rotatable bonds is 7. The molecular formula is C31H33ClFN3O4. The highest BCUT2D eigenvalue weighted by Gasteiger charge is 2.43. The summed E-state index contributed by atoms with van der Waals surface area (Å²) in [4.78, 5) is 17.6. The Labute approximate surface area is 238 Å². The van der Waals surface area contributed by atoms with Crippen LogP contribution >= 0.6 is 11.6 Å². The van der Waals surface area contributed by atoms with Gasteiger partial charge in [0, 0.05) is 42.8 Å². The van der Waals surface area contributed by atoms with Crippen molar-refractivity contribution in [1.82, 2.24) is 15.1 Å². The number of hydrogen-bond acceptors (Lipinski definition) is 6. The average molecular weight is 566 g/mol. The van der Waals surface area contributed by atoms with Crippen LogP contribution < -0.4 is 14.8 Å². The normalized spacial score (nSPS) is 24.2. The lowest BCUT2D eigenvalue weighted by Crippen LogP contribution is -2.43. The Bertz CT molecular complexity index is 1320. The summed E-state index contributed by atoms with van der Waals surface area (Å²) in [7, 11) is 0. The molecule has 1 aliphatic carbocycles. The van der Waals surface area contributed by atoms with Crippen molar-refractivity contribution >= 4 is 17.7 Å². The second-order valence-corrected chi connectivity index (χ2v) is 10.9. The van der Waals surface area contributed by atoms with Gasteiger partial charge in [-0.25, -0.2) is 9.18 Å². The Balaban J connectivity index is 1.23. The molecule has 2 aromatic rings. The Morgan fingerprint density at radius 2 is 1.93 bits per heavy atom. The van der Waals surface area contributed by atoms with Crippen molar-refractivity contribution in [3.05, 3.63) is 94.4 Å². The minimum Gasteiger partial charge on any atom is -0.494 e. The van der Waals surface area contributed by atoms with Gasteiger partial charge in [-0.15, -0.1) is 0 Å². The third-order valence-electron chi connectivity index (χ3n) is 7.88. The number of allylic oxidation sites excluding steroid dienone is 2. The molecular weight excluding hydrogens is 533 g/mol. The maximum absolute atomic E-state index is 13.5. The third kappa shape index (κ3) is 5.89. The van der Waals surface area contributed by atoms with E-state index in [1.54, 1.807) is 4.90 Å². The maximum Gasteiger partial charge on any atom is 0.416 e. The van der Waals surface area contributed by atoms with Gasteiger partial charge in [-0.05, 0) is 66.5 Å². The lowest BCUT2D eigenvalue weighted by Gasteiger charge is -2.37. The molecule has 3 unspecified atom stereocenters. The van der Waals surface area contributed by atoms with Crippen LogP contribution in [0.2, 0.25) is 0 Å². The van der Waals surface area contributed by atoms with Gasteiger partial charge >= 0.3 is 6.09 Å². The zero-order valence-corrected chi connectivity index (χ0v) is 23.0. The SMILES string of the molecule is O=C(Oc1ccc(F)cc1)N1CCC2=C(NC3C=CC(Cl)=CC23)C1c1cccc(OCCCN2CCOCC2)c1. The van der Waals surface area contributed by atoms with Crippen LogP contribution in [0.25, 0.3) is 0 Å². The number of carbonyl (C=O) groups excluding carboxylic acids is 1. The number of carbonyl (C=O) groups is 1. The number of benzene rings is 2. The van der Waals surface area contributed by atoms with Gasteiger partial charge in [0.05, 0.1) is 25.9 Å². The van der Waals surface area contributed by atoms with Crippen LogP contribution in [0.1, 0.15) is 24.4 Å². The molecule has 1 saturated heterocycles. The van der Waals surface area contributed by atoms with Crippen LogP contribution in [0.5, 0.6) is 11.5 Å². The highest BCUT2D eigenvalue weighted by atomic mass is 35.5. The van der Waals surface area contributed by atoms with E-state index in [1.165, 1.54) is 29.8 Å². The summed E-state index contributed by atoms with van der Waals surface area (Å²) < 4.78 is 30.7. The first-order valence-corrected chi connectivity index (χ1v) is 14.2. The van der Waals surface area contributed by atoms with Crippen LogP contribution in [0, 0.1) is 11.7 Å². The minimum absolute atomic E-state index is 0.0858. The molecule has 210 valence electrons. The maximum atomic E-state index is 13.5. The predicted molar refractivity (Wildman–Crippen MR) is 151 cm³/mol. The van der Waals surface area contributed by atoms with Crippen LogP contribution in [-0.4, -0.2) is 67.9 Å². The Kier molecular flexibility index (Phi) is 8.09. The number of nitrogens with zero attached hydrogens (tertiary/aromatic N) is 2. The number of morpholine rings is 1. The molecule has 0 saturated carbocycles. The summed E-state index contributed by atoms with van der Waals surface area (Å²) in [5, 5.41) is 4.38. The second-order valence-electron chi connectivity index (χ2n) is 10.4. The van der Waals surface area contributed by atoms with Crippen molar-refractivity contribution in [2.45, 2.75) is 24.9 Å². The summed E-state index contributed by atoms with van der Waals surface area (Å²) in [6.07, 6.45) is 7.21. The summed E-state index contributed by atoms with van der Waals surface area (Å²) in [6, 6.07) is 13.1. The Morgan fingerprint density at radius 1 is 1.10 bits per heavy atom. The van der Waals surface area contributed by atoms with Crippen molar-refractivity contribution in [2.24, 2.45) is 5.92 Å². The summed E-state index contributed by atoms with van der Waals surface area (Å²) in [5.74, 6) is 0.819. The molecule has 0 spiro atoms. The predicted octanol–water partition coefficient (Wildman–Crippen LogP) is 5.41. The number of nitrogens with one attached hydrogen (secondary N) is 1. The van der Waals surface area contributed by atoms with Gasteiger partial charge in [-0.1, -0.05) is 35.9 Å². The molecule has 0 bridgehead atoms. The van der Waals surface area contributed by atoms with Gasteiger partial charge in [-0.2, -0.15) is 0 Å². The van der Waals surface area contributed by atoms with E-state index in [0.717, 1.165) is 61.3 Å². The van der Waals surface area contributed by atoms with Crippen molar-refractivity contribution in [2.75, 3.05) is 46.0 Å². The smallest absolute Gasteiger partial charge is 0.416 e. The molecule has 4 aliphatic rings. The lowest BCUT2D eigenvalue weighted by molar-refractivity contribution is 0.0358. The molecule has 9 heteroatoms. The third-order valence-corrected chi connectivity index (χ3v) is 8.14. The molecule has 1 N–H and O–H groups in total. The molecule has 3 heterocycles. The van der Waals surface area contributed by atoms with Crippen LogP contribution in [0.3, 0.4) is 0 Å². The molecule has 1 amide bonds. The molecule has 0 radical (unpaired) electrons. The van der Waals surface area contributed by atoms with Crippen molar-refractivity contribution in [3.8, 4) is 11.5 Å². The molecule has 3 aliphatic heterocycles. The summed E-state index contributed by atoms with van der Waals surface area (Å²) in [6.45, 7) is 5.55. The van der Waals surface area contributed by atoms with Crippen molar-refractivity contribution in [1.29, 1.82) is 0 Å². The zero-order valence-electron chi connectivity index (χ0n) is 22.2. The number of hydrogen-bond donors (Lipinski definition) is 1. The fraction of sp³-hybridized carbons (Fsp3) is 0.387. The van der Waals surface area contributed by atoms with Crippen molar-refractivity contribution in [3.63, 3.8) is 0 Å². The van der Waals surface area contributed by atoms with E-state index in [0.29, 0.717) is 25.3 Å². The first kappa shape index (κ1) is 26.9. The standard InChI is InChI=1S/C31H33ClFN3O4/c32-22-5-10-28-27(20-22)26-11-13-36(31(37)40-24-8-6-23(33)7-9-24)30(29(26)34-28)21-3-1-4-25(19-21)39-16-2-12-35-14-17-38-18-15-35/h1,3-10,19-20,27-28,30,34H,2,11-18H2. The van der Waals surface area contributed by atoms with E-state index in [1.807, 2.05) is 30.3 Å². The van der Waals surface area contributed by atoms with Gasteiger partial charge in [0.15, 0.2) is 0 Å². The zero-order chi connectivity index (χ0) is 27.5. The van der Waals surface area contributed by atoms with Gasteiger partial charge in [-0.3, -0.25) is 9.80 Å². The van der Waals surface area contributed by atoms with Crippen LogP contribution in [-0.2, 0) is 4.74 Å². The number of fused-ring (bicyclic) bond motifs is 2. The molecule has 2 aromatic carbocycles. The minimum atomic E-state index is -0.485. The molecule has 7 nitrogen and oxygen atoms in total. The molecule has 0 aromatic heterocycles. The number of halogens is 2. The largest absolute Gasteiger partial charge is 0.494 e. The molecule has 3 atom stereocenters. The highest BCUT2D eigenvalue weighted by Crippen LogP contribution is 2.45. The van der Waals surface area contributed by atoms with Gasteiger partial charge in [0.2, 0.25) is 0 Å². The summed E-state index contributed by atoms with van der Waals surface area (Å²) in [5.41, 5.74) is 3.17. The van der Waals surface area contributed by atoms with Crippen molar-refractivity contribution < 1.29 is 23.4 Å². The Morgan fingerprint density at radius 3 is 2.75 bits per heavy atom. The van der Waals surface area contributed by atoms with E-state index in [4.69, 9.17) is 25.8 Å². The topological polar surface area (TPSA) is 63.3 Å². The fourth-order valence-electron chi connectivity index (χ4n) is 5.92. The van der Waals surface area contributed by atoms with Crippen LogP contribution in [0.15, 0.2) is 83.1 Å². The van der Waals surface area contributed by atoms with Crippen LogP contribution in [0.4, 0.5) is 9.18 Å². The first-order chi connectivity index (χ1) is 19.5. The highest BCUT2D eigenvalue weighted by molar-refractivity contribution is 6.31. The van der Waals surface area contributed by atoms with Gasteiger partial charge in [0.25, 0.3) is 0 Å². The average Bonchev–Trinajstić information content (AvgIpc) is 3.34. The van der Waals surface area contributed by atoms with E-state index >= 15 is 0 Å². The van der Waals surface area contributed by atoms with Gasteiger partial charge < -0.3 is 19.5 Å². The monoisotopic (exact) mass is 565 g/mol. The number of ether oxygens (including phenoxy) is 3. The first-order valence-electron chi connectivity index (χ1n) is 13.9. The van der Waals surface area contributed by atoms with E-state index in [-0.39, 0.29) is 23.8 Å². The van der Waals surface area contributed by atoms with Gasteiger partial charge in [0.1, 0.15) is 23.4 Å². The van der Waals surface area contributed by atoms with E-state index in [2.05, 4.69) is 22.4 Å². The van der Waals surface area contributed by atoms with E-state index < -0.39 is 6.09 Å². The molecule has 6 rings (SSSR count). The quantitative estimate of drug-likeness (QED) is 0.453. The lowest BCUT2D eigenvalue weighted by atomic mass is 9.85. The van der Waals surface area contributed by atoms with E-state index in [9.17, 15) is 9.18 Å². The molecule has 40 heavy (non-hydrogen) atoms. The Hall–Kier alpha value is -3.33. The second kappa shape index (κ2) is 12.0. The summed E-state index contributed by atoms with van der Waals surface area (Å²) >= 11 is 6.37. The number of amides is 1.